The van der Waals surface area contributed by atoms with E-state index in [0.29, 0.717) is 28.7 Å². The lowest BCUT2D eigenvalue weighted by molar-refractivity contribution is 0.397. The molecule has 0 saturated carbocycles. The van der Waals surface area contributed by atoms with Gasteiger partial charge in [0, 0.05) is 58.9 Å². The second-order valence-electron chi connectivity index (χ2n) is 8.82. The van der Waals surface area contributed by atoms with Gasteiger partial charge in [-0.1, -0.05) is 0 Å². The second-order valence-corrected chi connectivity index (χ2v) is 8.82. The Kier molecular flexibility index (Phi) is 4.36. The minimum absolute atomic E-state index is 0.0790. The molecule has 0 spiro atoms. The molecule has 0 radical (unpaired) electrons. The fraction of sp³-hybridized carbons (Fsp3) is 0.143. The number of anilines is 3. The Bertz CT molecular complexity index is 1460. The molecule has 0 N–H and O–H groups in total. The van der Waals surface area contributed by atoms with E-state index in [2.05, 4.69) is 17.0 Å². The first-order valence-electron chi connectivity index (χ1n) is 11.6. The van der Waals surface area contributed by atoms with Crippen molar-refractivity contribution in [1.29, 1.82) is 0 Å². The van der Waals surface area contributed by atoms with Gasteiger partial charge < -0.3 is 33.3 Å². The standard InChI is InChI=1S/C28H22BNO6/c1-31-16-7-5-15(6-8-16)30-20-9-17(32-2)11-22-26(20)29-27-21(30)10-18(33-3)12-23(27)36-25-14-19(34-4)13-24(35-22)28(25)29/h5-14H,1-4H3. The highest BCUT2D eigenvalue weighted by Crippen LogP contribution is 2.48. The van der Waals surface area contributed by atoms with Crippen LogP contribution in [0, 0.1) is 0 Å². The zero-order valence-corrected chi connectivity index (χ0v) is 20.2. The first-order chi connectivity index (χ1) is 17.6. The molecule has 0 unspecified atom stereocenters. The number of ether oxygens (including phenoxy) is 6. The zero-order valence-electron chi connectivity index (χ0n) is 20.2. The van der Waals surface area contributed by atoms with E-state index in [0.717, 1.165) is 50.7 Å². The molecule has 7 nitrogen and oxygen atoms in total. The summed E-state index contributed by atoms with van der Waals surface area (Å²) in [7, 11) is 6.63. The highest BCUT2D eigenvalue weighted by Gasteiger charge is 2.48. The van der Waals surface area contributed by atoms with Gasteiger partial charge in [-0.2, -0.15) is 0 Å². The Morgan fingerprint density at radius 1 is 0.528 bits per heavy atom. The van der Waals surface area contributed by atoms with Crippen LogP contribution in [0.2, 0.25) is 0 Å². The first kappa shape index (κ1) is 20.9. The maximum atomic E-state index is 6.49. The maximum Gasteiger partial charge on any atom is 0.266 e. The van der Waals surface area contributed by atoms with E-state index in [-0.39, 0.29) is 6.71 Å². The predicted octanol–water partition coefficient (Wildman–Crippen LogP) is 4.23. The number of hydrogen-bond acceptors (Lipinski definition) is 7. The Morgan fingerprint density at radius 3 is 1.39 bits per heavy atom. The topological polar surface area (TPSA) is 58.6 Å². The van der Waals surface area contributed by atoms with Crippen molar-refractivity contribution in [2.24, 2.45) is 0 Å². The third kappa shape index (κ3) is 2.75. The summed E-state index contributed by atoms with van der Waals surface area (Å²) in [6.07, 6.45) is 0. The molecule has 8 heteroatoms. The van der Waals surface area contributed by atoms with Crippen molar-refractivity contribution in [2.45, 2.75) is 0 Å². The summed E-state index contributed by atoms with van der Waals surface area (Å²) in [5.74, 6) is 5.77. The Labute approximate surface area is 208 Å². The fourth-order valence-corrected chi connectivity index (χ4v) is 5.49. The van der Waals surface area contributed by atoms with Gasteiger partial charge in [-0.05, 0) is 35.2 Å². The molecular weight excluding hydrogens is 457 g/mol. The molecule has 3 aliphatic heterocycles. The summed E-state index contributed by atoms with van der Waals surface area (Å²) in [6.45, 7) is -0.0790. The minimum Gasteiger partial charge on any atom is -0.497 e. The van der Waals surface area contributed by atoms with E-state index in [4.69, 9.17) is 28.4 Å². The van der Waals surface area contributed by atoms with Crippen LogP contribution in [-0.4, -0.2) is 35.2 Å². The molecule has 0 aliphatic carbocycles. The van der Waals surface area contributed by atoms with Gasteiger partial charge in [0.15, 0.2) is 0 Å². The fourth-order valence-electron chi connectivity index (χ4n) is 5.49. The summed E-state index contributed by atoms with van der Waals surface area (Å²) in [6, 6.07) is 19.8. The van der Waals surface area contributed by atoms with E-state index in [9.17, 15) is 0 Å². The largest absolute Gasteiger partial charge is 0.497 e. The molecule has 178 valence electrons. The van der Waals surface area contributed by atoms with Crippen LogP contribution in [0.5, 0.6) is 46.0 Å². The van der Waals surface area contributed by atoms with Crippen LogP contribution in [0.1, 0.15) is 0 Å². The smallest absolute Gasteiger partial charge is 0.266 e. The van der Waals surface area contributed by atoms with Gasteiger partial charge in [0.1, 0.15) is 46.0 Å². The molecule has 4 aromatic carbocycles. The molecule has 0 saturated heterocycles. The van der Waals surface area contributed by atoms with Gasteiger partial charge in [-0.3, -0.25) is 0 Å². The molecule has 7 rings (SSSR count). The van der Waals surface area contributed by atoms with Crippen LogP contribution >= 0.6 is 0 Å². The Balaban J connectivity index is 1.58. The maximum absolute atomic E-state index is 6.49. The predicted molar refractivity (Wildman–Crippen MR) is 139 cm³/mol. The van der Waals surface area contributed by atoms with Crippen molar-refractivity contribution in [3.8, 4) is 46.0 Å². The van der Waals surface area contributed by atoms with Gasteiger partial charge in [0.05, 0.1) is 28.4 Å². The second kappa shape index (κ2) is 7.52. The Morgan fingerprint density at radius 2 is 0.944 bits per heavy atom. The molecule has 0 atom stereocenters. The molecular formula is C28H22BNO6. The zero-order chi connectivity index (χ0) is 24.6. The molecule has 36 heavy (non-hydrogen) atoms. The average Bonchev–Trinajstić information content (AvgIpc) is 2.92. The van der Waals surface area contributed by atoms with Crippen molar-refractivity contribution in [1.82, 2.24) is 0 Å². The van der Waals surface area contributed by atoms with Crippen molar-refractivity contribution >= 4 is 40.2 Å². The lowest BCUT2D eigenvalue weighted by atomic mass is 9.33. The van der Waals surface area contributed by atoms with E-state index in [1.165, 1.54) is 0 Å². The van der Waals surface area contributed by atoms with Crippen molar-refractivity contribution < 1.29 is 28.4 Å². The number of hydrogen-bond donors (Lipinski definition) is 0. The molecule has 0 fully saturated rings. The molecule has 0 aromatic heterocycles. The summed E-state index contributed by atoms with van der Waals surface area (Å²) < 4.78 is 35.3. The molecule has 3 aliphatic rings. The third-order valence-corrected chi connectivity index (χ3v) is 7.09. The Hall–Kier alpha value is -4.46. The highest BCUT2D eigenvalue weighted by molar-refractivity contribution is 7.00. The first-order valence-corrected chi connectivity index (χ1v) is 11.6. The van der Waals surface area contributed by atoms with E-state index in [1.807, 2.05) is 48.5 Å². The van der Waals surface area contributed by atoms with Crippen molar-refractivity contribution in [2.75, 3.05) is 33.3 Å². The number of rotatable bonds is 5. The number of benzene rings is 4. The number of methoxy groups -OCH3 is 4. The molecule has 3 heterocycles. The van der Waals surface area contributed by atoms with Crippen LogP contribution in [0.15, 0.2) is 60.7 Å². The molecule has 0 amide bonds. The van der Waals surface area contributed by atoms with E-state index < -0.39 is 0 Å². The van der Waals surface area contributed by atoms with Crippen LogP contribution in [0.25, 0.3) is 0 Å². The van der Waals surface area contributed by atoms with Gasteiger partial charge in [-0.15, -0.1) is 0 Å². The summed E-state index contributed by atoms with van der Waals surface area (Å²) in [4.78, 5) is 2.20. The average molecular weight is 479 g/mol. The van der Waals surface area contributed by atoms with Crippen LogP contribution in [0.4, 0.5) is 17.1 Å². The number of nitrogens with zero attached hydrogens (tertiary/aromatic N) is 1. The summed E-state index contributed by atoms with van der Waals surface area (Å²) in [5.41, 5.74) is 6.02. The van der Waals surface area contributed by atoms with Gasteiger partial charge in [0.25, 0.3) is 6.71 Å². The molecule has 0 bridgehead atoms. The third-order valence-electron chi connectivity index (χ3n) is 7.09. The summed E-state index contributed by atoms with van der Waals surface area (Å²) in [5, 5.41) is 0. The van der Waals surface area contributed by atoms with E-state index in [1.54, 1.807) is 28.4 Å². The van der Waals surface area contributed by atoms with E-state index >= 15 is 0 Å². The normalized spacial score (nSPS) is 13.3. The lowest BCUT2D eigenvalue weighted by Crippen LogP contribution is -2.61. The van der Waals surface area contributed by atoms with Gasteiger partial charge in [-0.25, -0.2) is 0 Å². The van der Waals surface area contributed by atoms with Crippen molar-refractivity contribution in [3.63, 3.8) is 0 Å². The molecule has 4 aromatic rings. The van der Waals surface area contributed by atoms with Gasteiger partial charge in [0.2, 0.25) is 0 Å². The minimum atomic E-state index is -0.0790. The highest BCUT2D eigenvalue weighted by atomic mass is 16.5. The quantitative estimate of drug-likeness (QED) is 0.343. The lowest BCUT2D eigenvalue weighted by Gasteiger charge is -2.43. The van der Waals surface area contributed by atoms with Gasteiger partial charge >= 0.3 is 0 Å². The van der Waals surface area contributed by atoms with Crippen LogP contribution in [-0.2, 0) is 0 Å². The van der Waals surface area contributed by atoms with Crippen LogP contribution < -0.4 is 49.7 Å². The SMILES string of the molecule is COc1ccc(N2c3cc(OC)cc4c3B3c5c(cc(OC)cc5Oc5cc(OC)cc2c53)O4)cc1. The summed E-state index contributed by atoms with van der Waals surface area (Å²) >= 11 is 0. The van der Waals surface area contributed by atoms with Crippen molar-refractivity contribution in [3.05, 3.63) is 60.7 Å². The monoisotopic (exact) mass is 479 g/mol. The van der Waals surface area contributed by atoms with Crippen LogP contribution in [0.3, 0.4) is 0 Å².